The molecule has 0 saturated carbocycles. The summed E-state index contributed by atoms with van der Waals surface area (Å²) in [5.41, 5.74) is 5.87. The van der Waals surface area contributed by atoms with Crippen molar-refractivity contribution in [1.82, 2.24) is 4.90 Å². The van der Waals surface area contributed by atoms with Crippen molar-refractivity contribution in [2.24, 2.45) is 23.0 Å². The van der Waals surface area contributed by atoms with Gasteiger partial charge < -0.3 is 10.6 Å². The van der Waals surface area contributed by atoms with Gasteiger partial charge in [0, 0.05) is 19.5 Å². The van der Waals surface area contributed by atoms with Crippen molar-refractivity contribution in [1.29, 1.82) is 0 Å². The van der Waals surface area contributed by atoms with Crippen LogP contribution in [0.1, 0.15) is 54.4 Å². The average molecular weight is 256 g/mol. The summed E-state index contributed by atoms with van der Waals surface area (Å²) in [5, 5.41) is 0. The molecule has 108 valence electrons. The van der Waals surface area contributed by atoms with E-state index in [1.165, 1.54) is 0 Å². The molecule has 0 aliphatic heterocycles. The van der Waals surface area contributed by atoms with Gasteiger partial charge >= 0.3 is 0 Å². The molecular formula is C15H32N2O. The highest BCUT2D eigenvalue weighted by molar-refractivity contribution is 5.76. The van der Waals surface area contributed by atoms with Crippen molar-refractivity contribution in [2.75, 3.05) is 13.6 Å². The summed E-state index contributed by atoms with van der Waals surface area (Å²) in [7, 11) is 1.90. The third-order valence-electron chi connectivity index (χ3n) is 3.83. The number of carbonyl (C=O) groups excluding carboxylic acids is 1. The van der Waals surface area contributed by atoms with Gasteiger partial charge in [-0.25, -0.2) is 0 Å². The van der Waals surface area contributed by atoms with E-state index in [0.29, 0.717) is 24.8 Å². The second-order valence-corrected chi connectivity index (χ2v) is 6.98. The highest BCUT2D eigenvalue weighted by atomic mass is 16.2. The first kappa shape index (κ1) is 17.4. The Balaban J connectivity index is 4.47. The third-order valence-corrected chi connectivity index (χ3v) is 3.83. The highest BCUT2D eigenvalue weighted by Crippen LogP contribution is 2.24. The van der Waals surface area contributed by atoms with Crippen LogP contribution in [0.2, 0.25) is 0 Å². The van der Waals surface area contributed by atoms with E-state index in [-0.39, 0.29) is 17.4 Å². The molecule has 0 saturated heterocycles. The van der Waals surface area contributed by atoms with Crippen LogP contribution in [0.5, 0.6) is 0 Å². The smallest absolute Gasteiger partial charge is 0.222 e. The molecule has 0 fully saturated rings. The first-order valence-corrected chi connectivity index (χ1v) is 7.05. The number of hydrogen-bond donors (Lipinski definition) is 1. The van der Waals surface area contributed by atoms with Gasteiger partial charge in [-0.05, 0) is 37.1 Å². The van der Waals surface area contributed by atoms with E-state index in [2.05, 4.69) is 41.5 Å². The van der Waals surface area contributed by atoms with E-state index in [4.69, 9.17) is 5.73 Å². The normalized spacial score (nSPS) is 15.6. The SMILES string of the molecule is CC(C)C[C@H](CN)CC(=O)N(C)C(C)C(C)(C)C. The van der Waals surface area contributed by atoms with Crippen molar-refractivity contribution in [3.8, 4) is 0 Å². The summed E-state index contributed by atoms with van der Waals surface area (Å²) < 4.78 is 0. The van der Waals surface area contributed by atoms with Gasteiger partial charge in [0.15, 0.2) is 0 Å². The van der Waals surface area contributed by atoms with Gasteiger partial charge in [-0.15, -0.1) is 0 Å². The molecule has 18 heavy (non-hydrogen) atoms. The fraction of sp³-hybridized carbons (Fsp3) is 0.933. The number of nitrogens with two attached hydrogens (primary N) is 1. The van der Waals surface area contributed by atoms with Crippen LogP contribution in [0, 0.1) is 17.3 Å². The van der Waals surface area contributed by atoms with E-state index in [1.54, 1.807) is 0 Å². The lowest BCUT2D eigenvalue weighted by molar-refractivity contribution is -0.134. The van der Waals surface area contributed by atoms with Crippen LogP contribution < -0.4 is 5.73 Å². The zero-order chi connectivity index (χ0) is 14.5. The topological polar surface area (TPSA) is 46.3 Å². The lowest BCUT2D eigenvalue weighted by atomic mass is 9.86. The van der Waals surface area contributed by atoms with Gasteiger partial charge in [0.25, 0.3) is 0 Å². The predicted molar refractivity (Wildman–Crippen MR) is 78.3 cm³/mol. The Morgan fingerprint density at radius 3 is 2.06 bits per heavy atom. The molecule has 0 bridgehead atoms. The van der Waals surface area contributed by atoms with Crippen LogP contribution in [-0.2, 0) is 4.79 Å². The molecule has 0 aliphatic carbocycles. The van der Waals surface area contributed by atoms with Crippen molar-refractivity contribution in [3.63, 3.8) is 0 Å². The quantitative estimate of drug-likeness (QED) is 0.794. The van der Waals surface area contributed by atoms with Gasteiger partial charge in [-0.3, -0.25) is 4.79 Å². The van der Waals surface area contributed by atoms with Gasteiger partial charge in [-0.2, -0.15) is 0 Å². The molecule has 0 spiro atoms. The molecule has 1 unspecified atom stereocenters. The summed E-state index contributed by atoms with van der Waals surface area (Å²) in [6, 6.07) is 0.238. The summed E-state index contributed by atoms with van der Waals surface area (Å²) in [4.78, 5) is 14.1. The van der Waals surface area contributed by atoms with Crippen LogP contribution in [0.15, 0.2) is 0 Å². The first-order chi connectivity index (χ1) is 8.09. The second kappa shape index (κ2) is 7.13. The van der Waals surface area contributed by atoms with Crippen LogP contribution >= 0.6 is 0 Å². The lowest BCUT2D eigenvalue weighted by Gasteiger charge is -2.36. The minimum Gasteiger partial charge on any atom is -0.343 e. The molecule has 1 amide bonds. The minimum absolute atomic E-state index is 0.112. The van der Waals surface area contributed by atoms with E-state index in [0.717, 1.165) is 6.42 Å². The van der Waals surface area contributed by atoms with Crippen LogP contribution in [0.4, 0.5) is 0 Å². The molecule has 0 aromatic rings. The predicted octanol–water partition coefficient (Wildman–Crippen LogP) is 2.89. The van der Waals surface area contributed by atoms with E-state index in [1.807, 2.05) is 11.9 Å². The third kappa shape index (κ3) is 5.85. The Labute approximate surface area is 113 Å². The van der Waals surface area contributed by atoms with Crippen LogP contribution in [-0.4, -0.2) is 30.4 Å². The number of carbonyl (C=O) groups is 1. The van der Waals surface area contributed by atoms with Gasteiger partial charge in [0.05, 0.1) is 0 Å². The second-order valence-electron chi connectivity index (χ2n) is 6.98. The maximum atomic E-state index is 12.3. The number of hydrogen-bond acceptors (Lipinski definition) is 2. The fourth-order valence-electron chi connectivity index (χ4n) is 2.12. The lowest BCUT2D eigenvalue weighted by Crippen LogP contribution is -2.43. The minimum atomic E-state index is 0.112. The summed E-state index contributed by atoms with van der Waals surface area (Å²) in [6.07, 6.45) is 1.60. The standard InChI is InChI=1S/C15H32N2O/c1-11(2)8-13(10-16)9-14(18)17(7)12(3)15(4,5)6/h11-13H,8-10,16H2,1-7H3/t12?,13-/m0/s1. The summed E-state index contributed by atoms with van der Waals surface area (Å²) in [6.45, 7) is 13.5. The number of rotatable bonds is 6. The molecule has 2 N–H and O–H groups in total. The molecular weight excluding hydrogens is 224 g/mol. The van der Waals surface area contributed by atoms with E-state index >= 15 is 0 Å². The van der Waals surface area contributed by atoms with E-state index in [9.17, 15) is 4.79 Å². The zero-order valence-corrected chi connectivity index (χ0v) is 13.3. The Bertz CT molecular complexity index is 256. The molecule has 0 heterocycles. The molecule has 0 rings (SSSR count). The maximum Gasteiger partial charge on any atom is 0.222 e. The molecule has 2 atom stereocenters. The van der Waals surface area contributed by atoms with Crippen molar-refractivity contribution >= 4 is 5.91 Å². The van der Waals surface area contributed by atoms with Crippen molar-refractivity contribution in [2.45, 2.75) is 60.4 Å². The molecule has 0 radical (unpaired) electrons. The Morgan fingerprint density at radius 1 is 1.22 bits per heavy atom. The zero-order valence-electron chi connectivity index (χ0n) is 13.3. The maximum absolute atomic E-state index is 12.3. The number of amides is 1. The molecule has 3 nitrogen and oxygen atoms in total. The Kier molecular flexibility index (Phi) is 6.90. The summed E-state index contributed by atoms with van der Waals surface area (Å²) in [5.74, 6) is 1.12. The Morgan fingerprint density at radius 2 is 1.72 bits per heavy atom. The number of nitrogens with zero attached hydrogens (tertiary/aromatic N) is 1. The molecule has 0 aromatic carbocycles. The van der Waals surface area contributed by atoms with Crippen LogP contribution in [0.3, 0.4) is 0 Å². The fourth-order valence-corrected chi connectivity index (χ4v) is 2.12. The highest BCUT2D eigenvalue weighted by Gasteiger charge is 2.28. The van der Waals surface area contributed by atoms with Crippen molar-refractivity contribution < 1.29 is 4.79 Å². The van der Waals surface area contributed by atoms with E-state index < -0.39 is 0 Å². The largest absolute Gasteiger partial charge is 0.343 e. The summed E-state index contributed by atoms with van der Waals surface area (Å²) >= 11 is 0. The molecule has 0 aromatic heterocycles. The van der Waals surface area contributed by atoms with Crippen molar-refractivity contribution in [3.05, 3.63) is 0 Å². The molecule has 0 aliphatic rings. The Hall–Kier alpha value is -0.570. The van der Waals surface area contributed by atoms with Crippen LogP contribution in [0.25, 0.3) is 0 Å². The van der Waals surface area contributed by atoms with Gasteiger partial charge in [-0.1, -0.05) is 34.6 Å². The monoisotopic (exact) mass is 256 g/mol. The molecule has 3 heteroatoms. The first-order valence-electron chi connectivity index (χ1n) is 7.05. The average Bonchev–Trinajstić information content (AvgIpc) is 2.23. The van der Waals surface area contributed by atoms with Gasteiger partial charge in [0.2, 0.25) is 5.91 Å². The van der Waals surface area contributed by atoms with Gasteiger partial charge in [0.1, 0.15) is 0 Å².